The van der Waals surface area contributed by atoms with Gasteiger partial charge < -0.3 is 9.64 Å². The van der Waals surface area contributed by atoms with E-state index in [1.165, 1.54) is 11.8 Å². The molecule has 2 heterocycles. The summed E-state index contributed by atoms with van der Waals surface area (Å²) in [4.78, 5) is 23.9. The van der Waals surface area contributed by atoms with E-state index in [0.29, 0.717) is 25.3 Å². The van der Waals surface area contributed by atoms with Crippen molar-refractivity contribution in [1.82, 2.24) is 14.9 Å². The first kappa shape index (κ1) is 17.2. The number of hydrogen-bond acceptors (Lipinski definition) is 5. The van der Waals surface area contributed by atoms with Gasteiger partial charge in [0.25, 0.3) is 5.91 Å². The van der Waals surface area contributed by atoms with Crippen LogP contribution in [0.15, 0.2) is 5.03 Å². The molecule has 0 bridgehead atoms. The molecule has 22 heavy (non-hydrogen) atoms. The smallest absolute Gasteiger partial charge is 0.258 e. The Morgan fingerprint density at radius 3 is 2.59 bits per heavy atom. The summed E-state index contributed by atoms with van der Waals surface area (Å²) < 4.78 is 5.69. The zero-order valence-electron chi connectivity index (χ0n) is 14.3. The maximum atomic E-state index is 12.9. The Morgan fingerprint density at radius 2 is 2.05 bits per heavy atom. The van der Waals surface area contributed by atoms with Gasteiger partial charge in [0.2, 0.25) is 0 Å². The minimum atomic E-state index is -0.305. The maximum Gasteiger partial charge on any atom is 0.258 e. The molecule has 1 aromatic heterocycles. The summed E-state index contributed by atoms with van der Waals surface area (Å²) >= 11 is 1.50. The van der Waals surface area contributed by atoms with Gasteiger partial charge in [-0.2, -0.15) is 0 Å². The number of carbonyl (C=O) groups is 1. The second-order valence-corrected chi connectivity index (χ2v) is 7.34. The number of nitrogens with zero attached hydrogens (tertiary/aromatic N) is 3. The van der Waals surface area contributed by atoms with Crippen LogP contribution in [0.2, 0.25) is 0 Å². The van der Waals surface area contributed by atoms with Gasteiger partial charge in [-0.05, 0) is 27.0 Å². The van der Waals surface area contributed by atoms with Gasteiger partial charge >= 0.3 is 0 Å². The zero-order chi connectivity index (χ0) is 16.5. The molecule has 1 fully saturated rings. The molecule has 0 aromatic carbocycles. The molecule has 6 heteroatoms. The van der Waals surface area contributed by atoms with E-state index >= 15 is 0 Å². The average Bonchev–Trinajstić information content (AvgIpc) is 2.44. The molecule has 0 N–H and O–H groups in total. The molecule has 0 saturated carbocycles. The van der Waals surface area contributed by atoms with E-state index in [0.717, 1.165) is 16.5 Å². The van der Waals surface area contributed by atoms with E-state index < -0.39 is 0 Å². The van der Waals surface area contributed by atoms with Crippen molar-refractivity contribution in [2.45, 2.75) is 51.2 Å². The number of amides is 1. The minimum absolute atomic E-state index is 0.00790. The first-order valence-corrected chi connectivity index (χ1v) is 8.83. The van der Waals surface area contributed by atoms with Gasteiger partial charge in [0, 0.05) is 19.0 Å². The summed E-state index contributed by atoms with van der Waals surface area (Å²) in [7, 11) is 0. The van der Waals surface area contributed by atoms with E-state index in [1.807, 2.05) is 31.9 Å². The molecule has 0 radical (unpaired) electrons. The Hall–Kier alpha value is -1.14. The number of aromatic nitrogens is 2. The molecule has 2 rings (SSSR count). The molecule has 0 spiro atoms. The number of carbonyl (C=O) groups excluding carboxylic acids is 1. The van der Waals surface area contributed by atoms with Crippen molar-refractivity contribution in [3.8, 4) is 0 Å². The van der Waals surface area contributed by atoms with Crippen LogP contribution < -0.4 is 0 Å². The van der Waals surface area contributed by atoms with E-state index in [1.54, 1.807) is 0 Å². The summed E-state index contributed by atoms with van der Waals surface area (Å²) in [5.74, 6) is 1.05. The molecule has 122 valence electrons. The van der Waals surface area contributed by atoms with E-state index in [2.05, 4.69) is 23.8 Å². The first-order chi connectivity index (χ1) is 10.2. The number of hydrogen-bond donors (Lipinski definition) is 0. The van der Waals surface area contributed by atoms with Crippen LogP contribution in [0.3, 0.4) is 0 Å². The molecular weight excluding hydrogens is 298 g/mol. The molecule has 0 unspecified atom stereocenters. The standard InChI is InChI=1S/C16H25N3O2S/c1-10(2)13-17-11(3)12(14(18-13)22-6)15(20)19-7-8-21-16(4,5)9-19/h10H,7-9H2,1-6H3. The minimum Gasteiger partial charge on any atom is -0.372 e. The summed E-state index contributed by atoms with van der Waals surface area (Å²) in [5.41, 5.74) is 1.09. The quantitative estimate of drug-likeness (QED) is 0.632. The number of morpholine rings is 1. The SMILES string of the molecule is CSc1nc(C(C)C)nc(C)c1C(=O)N1CCOC(C)(C)C1. The number of thioether (sulfide) groups is 1. The predicted octanol–water partition coefficient (Wildman–Crippen LogP) is 2.88. The lowest BCUT2D eigenvalue weighted by Crippen LogP contribution is -2.50. The molecule has 1 amide bonds. The van der Waals surface area contributed by atoms with Crippen LogP contribution in [0.1, 0.15) is 55.5 Å². The van der Waals surface area contributed by atoms with Crippen LogP contribution in [0.5, 0.6) is 0 Å². The molecule has 5 nitrogen and oxygen atoms in total. The lowest BCUT2D eigenvalue weighted by molar-refractivity contribution is -0.0765. The second-order valence-electron chi connectivity index (χ2n) is 6.54. The van der Waals surface area contributed by atoms with Crippen LogP contribution in [-0.2, 0) is 4.74 Å². The van der Waals surface area contributed by atoms with Crippen molar-refractivity contribution in [1.29, 1.82) is 0 Å². The van der Waals surface area contributed by atoms with Crippen molar-refractivity contribution in [3.63, 3.8) is 0 Å². The molecule has 1 aliphatic rings. The fraction of sp³-hybridized carbons (Fsp3) is 0.688. The summed E-state index contributed by atoms with van der Waals surface area (Å²) in [6, 6.07) is 0. The first-order valence-electron chi connectivity index (χ1n) is 7.61. The van der Waals surface area contributed by atoms with Crippen LogP contribution in [0, 0.1) is 6.92 Å². The molecular formula is C16H25N3O2S. The van der Waals surface area contributed by atoms with Crippen molar-refractivity contribution in [3.05, 3.63) is 17.1 Å². The van der Waals surface area contributed by atoms with E-state index in [4.69, 9.17) is 4.74 Å². The molecule has 1 aliphatic heterocycles. The Labute approximate surface area is 136 Å². The van der Waals surface area contributed by atoms with Gasteiger partial charge in [0.05, 0.1) is 23.5 Å². The third-order valence-corrected chi connectivity index (χ3v) is 4.39. The van der Waals surface area contributed by atoms with Crippen molar-refractivity contribution < 1.29 is 9.53 Å². The number of aryl methyl sites for hydroxylation is 1. The summed E-state index contributed by atoms with van der Waals surface area (Å²) in [5, 5.41) is 0.769. The highest BCUT2D eigenvalue weighted by atomic mass is 32.2. The normalized spacial score (nSPS) is 17.9. The fourth-order valence-electron chi connectivity index (χ4n) is 2.57. The summed E-state index contributed by atoms with van der Waals surface area (Å²) in [6.07, 6.45) is 1.95. The Bertz CT molecular complexity index is 573. The molecule has 0 atom stereocenters. The lowest BCUT2D eigenvalue weighted by atomic mass is 10.1. The number of rotatable bonds is 3. The number of ether oxygens (including phenoxy) is 1. The highest BCUT2D eigenvalue weighted by Gasteiger charge is 2.32. The van der Waals surface area contributed by atoms with Gasteiger partial charge in [0.15, 0.2) is 0 Å². The van der Waals surface area contributed by atoms with E-state index in [-0.39, 0.29) is 17.4 Å². The Balaban J connectivity index is 2.37. The van der Waals surface area contributed by atoms with Gasteiger partial charge in [-0.25, -0.2) is 9.97 Å². The van der Waals surface area contributed by atoms with Crippen LogP contribution >= 0.6 is 11.8 Å². The fourth-order valence-corrected chi connectivity index (χ4v) is 3.19. The third-order valence-electron chi connectivity index (χ3n) is 3.71. The average molecular weight is 323 g/mol. The summed E-state index contributed by atoms with van der Waals surface area (Å²) in [6.45, 7) is 11.8. The lowest BCUT2D eigenvalue weighted by Gasteiger charge is -2.38. The van der Waals surface area contributed by atoms with Crippen LogP contribution in [0.4, 0.5) is 0 Å². The highest BCUT2D eigenvalue weighted by Crippen LogP contribution is 2.26. The van der Waals surface area contributed by atoms with Gasteiger partial charge in [-0.1, -0.05) is 13.8 Å². The van der Waals surface area contributed by atoms with Gasteiger partial charge in [0.1, 0.15) is 10.9 Å². The van der Waals surface area contributed by atoms with Crippen molar-refractivity contribution in [2.24, 2.45) is 0 Å². The Kier molecular flexibility index (Phi) is 5.12. The largest absolute Gasteiger partial charge is 0.372 e. The molecule has 1 aromatic rings. The topological polar surface area (TPSA) is 55.3 Å². The highest BCUT2D eigenvalue weighted by molar-refractivity contribution is 7.98. The van der Waals surface area contributed by atoms with Gasteiger partial charge in [-0.15, -0.1) is 11.8 Å². The van der Waals surface area contributed by atoms with Crippen LogP contribution in [0.25, 0.3) is 0 Å². The van der Waals surface area contributed by atoms with Crippen LogP contribution in [-0.4, -0.2) is 52.3 Å². The molecule has 1 saturated heterocycles. The van der Waals surface area contributed by atoms with Crippen molar-refractivity contribution >= 4 is 17.7 Å². The predicted molar refractivity (Wildman–Crippen MR) is 88.6 cm³/mol. The Morgan fingerprint density at radius 1 is 1.36 bits per heavy atom. The zero-order valence-corrected chi connectivity index (χ0v) is 15.1. The van der Waals surface area contributed by atoms with E-state index in [9.17, 15) is 4.79 Å². The molecule has 0 aliphatic carbocycles. The third kappa shape index (κ3) is 3.60. The monoisotopic (exact) mass is 323 g/mol. The van der Waals surface area contributed by atoms with Gasteiger partial charge in [-0.3, -0.25) is 4.79 Å². The maximum absolute atomic E-state index is 12.9. The second kappa shape index (κ2) is 6.54. The van der Waals surface area contributed by atoms with Crippen molar-refractivity contribution in [2.75, 3.05) is 26.0 Å².